The van der Waals surface area contributed by atoms with Crippen molar-refractivity contribution in [3.63, 3.8) is 0 Å². The van der Waals surface area contributed by atoms with E-state index in [0.717, 1.165) is 4.40 Å². The van der Waals surface area contributed by atoms with Gasteiger partial charge in [0, 0.05) is 12.4 Å². The molecule has 1 fully saturated rings. The monoisotopic (exact) mass is 609 g/mol. The molecule has 13 nitrogen and oxygen atoms in total. The zero-order valence-electron chi connectivity index (χ0n) is 23.9. The summed E-state index contributed by atoms with van der Waals surface area (Å²) in [4.78, 5) is 60.3. The van der Waals surface area contributed by atoms with Crippen molar-refractivity contribution in [1.29, 1.82) is 0 Å². The number of esters is 3. The van der Waals surface area contributed by atoms with E-state index in [9.17, 15) is 19.2 Å². The van der Waals surface area contributed by atoms with E-state index >= 15 is 0 Å². The molecule has 0 bridgehead atoms. The van der Waals surface area contributed by atoms with Crippen molar-refractivity contribution >= 4 is 29.6 Å². The summed E-state index contributed by atoms with van der Waals surface area (Å²) >= 11 is 0. The lowest BCUT2D eigenvalue weighted by atomic mass is 9.95. The van der Waals surface area contributed by atoms with Crippen molar-refractivity contribution in [3.05, 3.63) is 131 Å². The summed E-state index contributed by atoms with van der Waals surface area (Å²) in [6, 6.07) is 24.8. The van der Waals surface area contributed by atoms with Gasteiger partial charge in [-0.15, -0.1) is 0 Å². The smallest absolute Gasteiger partial charge is 0.357 e. The number of imidazole rings is 1. The average molecular weight is 610 g/mol. The summed E-state index contributed by atoms with van der Waals surface area (Å²) in [5, 5.41) is 0. The third kappa shape index (κ3) is 5.76. The molecule has 0 aliphatic carbocycles. The molecule has 4 atom stereocenters. The van der Waals surface area contributed by atoms with Gasteiger partial charge in [-0.1, -0.05) is 54.6 Å². The fraction of sp³-hybridized carbons (Fsp3) is 0.188. The van der Waals surface area contributed by atoms with Gasteiger partial charge in [-0.3, -0.25) is 4.57 Å². The molecule has 4 unspecified atom stereocenters. The lowest BCUT2D eigenvalue weighted by Crippen LogP contribution is -2.50. The highest BCUT2D eigenvalue weighted by Crippen LogP contribution is 2.44. The SMILES string of the molecule is CC1(OC(=O)c2ccccc2)C(OC(=O)c2ccccc2)C(COC(=O)c2ccccc2)OC1n1ccn2c(=O)nc(N)nc12. The number of ether oxygens (including phenoxy) is 4. The number of carbonyl (C=O) groups is 3. The number of hydrogen-bond donors (Lipinski definition) is 1. The first-order valence-corrected chi connectivity index (χ1v) is 13.9. The number of nitrogens with two attached hydrogens (primary N) is 1. The molecule has 1 saturated heterocycles. The predicted octanol–water partition coefficient (Wildman–Crippen LogP) is 3.07. The lowest BCUT2D eigenvalue weighted by Gasteiger charge is -2.34. The first-order chi connectivity index (χ1) is 21.7. The van der Waals surface area contributed by atoms with Crippen LogP contribution in [0.5, 0.6) is 0 Å². The van der Waals surface area contributed by atoms with Gasteiger partial charge < -0.3 is 24.7 Å². The Labute approximate surface area is 255 Å². The van der Waals surface area contributed by atoms with Crippen LogP contribution in [0, 0.1) is 0 Å². The first-order valence-electron chi connectivity index (χ1n) is 13.9. The third-order valence-corrected chi connectivity index (χ3v) is 7.36. The molecular weight excluding hydrogens is 582 g/mol. The van der Waals surface area contributed by atoms with Gasteiger partial charge in [0.2, 0.25) is 11.7 Å². The maximum Gasteiger partial charge on any atom is 0.357 e. The number of fused-ring (bicyclic) bond motifs is 1. The molecule has 0 spiro atoms. The van der Waals surface area contributed by atoms with E-state index < -0.39 is 47.6 Å². The summed E-state index contributed by atoms with van der Waals surface area (Å²) in [6.07, 6.45) is -0.846. The van der Waals surface area contributed by atoms with Gasteiger partial charge in [-0.25, -0.2) is 23.6 Å². The second-order valence-corrected chi connectivity index (χ2v) is 10.4. The van der Waals surface area contributed by atoms with Crippen LogP contribution in [-0.4, -0.2) is 61.3 Å². The Morgan fingerprint density at radius 3 is 1.98 bits per heavy atom. The second-order valence-electron chi connectivity index (χ2n) is 10.4. The van der Waals surface area contributed by atoms with Gasteiger partial charge in [-0.05, 0) is 43.3 Å². The van der Waals surface area contributed by atoms with E-state index in [1.165, 1.54) is 23.9 Å². The molecule has 0 saturated carbocycles. The molecule has 2 N–H and O–H groups in total. The summed E-state index contributed by atoms with van der Waals surface area (Å²) in [5.74, 6) is -2.38. The number of benzene rings is 3. The number of carbonyl (C=O) groups excluding carboxylic acids is 3. The average Bonchev–Trinajstić information content (AvgIpc) is 3.59. The maximum absolute atomic E-state index is 13.5. The van der Waals surface area contributed by atoms with Crippen LogP contribution in [0.2, 0.25) is 0 Å². The lowest BCUT2D eigenvalue weighted by molar-refractivity contribution is -0.108. The Morgan fingerprint density at radius 1 is 0.822 bits per heavy atom. The fourth-order valence-electron chi connectivity index (χ4n) is 5.18. The molecule has 13 heteroatoms. The summed E-state index contributed by atoms with van der Waals surface area (Å²) in [6.45, 7) is 1.14. The minimum absolute atomic E-state index is 0.0227. The van der Waals surface area contributed by atoms with Crippen LogP contribution >= 0.6 is 0 Å². The Morgan fingerprint density at radius 2 is 1.38 bits per heavy atom. The molecule has 45 heavy (non-hydrogen) atoms. The number of nitrogens with zero attached hydrogens (tertiary/aromatic N) is 4. The third-order valence-electron chi connectivity index (χ3n) is 7.36. The molecular formula is C32H27N5O8. The molecule has 0 radical (unpaired) electrons. The van der Waals surface area contributed by atoms with Crippen LogP contribution in [0.25, 0.3) is 5.78 Å². The molecule has 1 aliphatic rings. The first kappa shape index (κ1) is 29.3. The standard InChI is InChI=1S/C32H27N5O8/c1-32(45-27(40)22-15-9-4-10-16-22)24(44-26(39)21-13-7-3-8-14-21)23(19-42-25(38)20-11-5-2-6-12-20)43-28(32)36-17-18-37-30(36)34-29(33)35-31(37)41/h2-18,23-24,28H,19H2,1H3,(H2,33,35,41). The molecule has 0 amide bonds. The zero-order chi connectivity index (χ0) is 31.6. The Kier molecular flexibility index (Phi) is 7.84. The van der Waals surface area contributed by atoms with Gasteiger partial charge in [0.05, 0.1) is 16.7 Å². The van der Waals surface area contributed by atoms with E-state index in [2.05, 4.69) is 9.97 Å². The normalized spacial score (nSPS) is 20.9. The quantitative estimate of drug-likeness (QED) is 0.203. The number of aromatic nitrogens is 4. The second kappa shape index (κ2) is 12.1. The maximum atomic E-state index is 13.5. The number of rotatable bonds is 8. The van der Waals surface area contributed by atoms with Gasteiger partial charge in [0.25, 0.3) is 0 Å². The van der Waals surface area contributed by atoms with Crippen molar-refractivity contribution in [2.24, 2.45) is 0 Å². The Hall–Kier alpha value is -5.82. The van der Waals surface area contributed by atoms with Crippen molar-refractivity contribution in [1.82, 2.24) is 18.9 Å². The number of nitrogen functional groups attached to an aromatic ring is 1. The van der Waals surface area contributed by atoms with E-state index in [1.54, 1.807) is 91.0 Å². The summed E-state index contributed by atoms with van der Waals surface area (Å²) < 4.78 is 26.7. The van der Waals surface area contributed by atoms with Crippen LogP contribution in [0.15, 0.2) is 108 Å². The van der Waals surface area contributed by atoms with E-state index in [-0.39, 0.29) is 29.5 Å². The molecule has 1 aliphatic heterocycles. The van der Waals surface area contributed by atoms with Crippen LogP contribution in [0.1, 0.15) is 44.2 Å². The Balaban J connectivity index is 1.43. The van der Waals surface area contributed by atoms with Gasteiger partial charge in [-0.2, -0.15) is 9.97 Å². The molecule has 5 aromatic rings. The van der Waals surface area contributed by atoms with Crippen LogP contribution < -0.4 is 11.4 Å². The van der Waals surface area contributed by atoms with Crippen molar-refractivity contribution in [2.45, 2.75) is 31.0 Å². The molecule has 3 heterocycles. The van der Waals surface area contributed by atoms with Gasteiger partial charge in [0.15, 0.2) is 17.9 Å². The topological polar surface area (TPSA) is 166 Å². The largest absolute Gasteiger partial charge is 0.459 e. The highest BCUT2D eigenvalue weighted by atomic mass is 16.7. The van der Waals surface area contributed by atoms with E-state index in [0.29, 0.717) is 5.56 Å². The van der Waals surface area contributed by atoms with Crippen LogP contribution in [-0.2, 0) is 18.9 Å². The summed E-state index contributed by atoms with van der Waals surface area (Å²) in [5.41, 5.74) is 4.09. The number of hydrogen-bond acceptors (Lipinski definition) is 11. The molecule has 6 rings (SSSR count). The van der Waals surface area contributed by atoms with Crippen LogP contribution in [0.4, 0.5) is 5.95 Å². The summed E-state index contributed by atoms with van der Waals surface area (Å²) in [7, 11) is 0. The highest BCUT2D eigenvalue weighted by Gasteiger charge is 2.60. The van der Waals surface area contributed by atoms with Crippen LogP contribution in [0.3, 0.4) is 0 Å². The van der Waals surface area contributed by atoms with E-state index in [4.69, 9.17) is 24.7 Å². The fourth-order valence-corrected chi connectivity index (χ4v) is 5.18. The van der Waals surface area contributed by atoms with Gasteiger partial charge >= 0.3 is 23.6 Å². The highest BCUT2D eigenvalue weighted by molar-refractivity contribution is 5.91. The minimum atomic E-state index is -1.77. The zero-order valence-corrected chi connectivity index (χ0v) is 23.9. The number of anilines is 1. The molecule has 2 aromatic heterocycles. The van der Waals surface area contributed by atoms with Crippen molar-refractivity contribution in [3.8, 4) is 0 Å². The molecule has 228 valence electrons. The Bertz CT molecular complexity index is 1910. The van der Waals surface area contributed by atoms with Crippen molar-refractivity contribution < 1.29 is 33.3 Å². The van der Waals surface area contributed by atoms with Gasteiger partial charge in [0.1, 0.15) is 12.7 Å². The molecule has 3 aromatic carbocycles. The minimum Gasteiger partial charge on any atom is -0.459 e. The predicted molar refractivity (Wildman–Crippen MR) is 158 cm³/mol. The van der Waals surface area contributed by atoms with E-state index in [1.807, 2.05) is 0 Å². The van der Waals surface area contributed by atoms with Crippen molar-refractivity contribution in [2.75, 3.05) is 12.3 Å².